The topological polar surface area (TPSA) is 196 Å². The summed E-state index contributed by atoms with van der Waals surface area (Å²) in [5, 5.41) is 10.3. The highest BCUT2D eigenvalue weighted by Crippen LogP contribution is 2.18. The van der Waals surface area contributed by atoms with Gasteiger partial charge in [0.2, 0.25) is 11.8 Å². The molecule has 0 unspecified atom stereocenters. The normalized spacial score (nSPS) is 20.9. The molecular weight excluding hydrogens is 679 g/mol. The number of thiol groups is 1. The van der Waals surface area contributed by atoms with Crippen LogP contribution in [0.15, 0.2) is 52.8 Å². The number of esters is 1. The van der Waals surface area contributed by atoms with Gasteiger partial charge in [-0.2, -0.15) is 19.8 Å². The van der Waals surface area contributed by atoms with Gasteiger partial charge in [-0.1, -0.05) is 52.0 Å². The van der Waals surface area contributed by atoms with Gasteiger partial charge in [-0.25, -0.2) is 14.0 Å². The van der Waals surface area contributed by atoms with E-state index in [1.54, 1.807) is 44.2 Å². The molecule has 0 aliphatic carbocycles. The third-order valence-electron chi connectivity index (χ3n) is 7.22. The van der Waals surface area contributed by atoms with Gasteiger partial charge < -0.3 is 26.4 Å². The second kappa shape index (κ2) is 17.3. The van der Waals surface area contributed by atoms with E-state index in [-0.39, 0.29) is 40.4 Å². The van der Waals surface area contributed by atoms with Crippen LogP contribution in [0.5, 0.6) is 0 Å². The number of hydrogen-bond acceptors (Lipinski definition) is 11. The predicted molar refractivity (Wildman–Crippen MR) is 187 cm³/mol. The van der Waals surface area contributed by atoms with Gasteiger partial charge in [0.25, 0.3) is 5.91 Å². The van der Waals surface area contributed by atoms with Gasteiger partial charge in [0.15, 0.2) is 0 Å². The first kappa shape index (κ1) is 39.0. The highest BCUT2D eigenvalue weighted by Gasteiger charge is 2.36. The summed E-state index contributed by atoms with van der Waals surface area (Å²) in [6.07, 6.45) is 2.55. The van der Waals surface area contributed by atoms with Crippen molar-refractivity contribution in [3.63, 3.8) is 0 Å². The van der Waals surface area contributed by atoms with E-state index in [4.69, 9.17) is 14.7 Å². The smallest absolute Gasteiger partial charge is 0.329 e. The Morgan fingerprint density at radius 2 is 1.85 bits per heavy atom. The number of amides is 3. The molecule has 0 saturated carbocycles. The van der Waals surface area contributed by atoms with Gasteiger partial charge in [-0.15, -0.1) is 11.3 Å². The summed E-state index contributed by atoms with van der Waals surface area (Å²) < 4.78 is 37.0. The number of carbonyl (C=O) groups is 4. The Morgan fingerprint density at radius 3 is 2.50 bits per heavy atom. The lowest BCUT2D eigenvalue weighted by molar-refractivity contribution is -0.153. The Bertz CT molecular complexity index is 1620. The van der Waals surface area contributed by atoms with Crippen LogP contribution < -0.4 is 21.7 Å². The van der Waals surface area contributed by atoms with Gasteiger partial charge in [0.1, 0.15) is 33.4 Å². The van der Waals surface area contributed by atoms with Crippen LogP contribution in [0.3, 0.4) is 0 Å². The van der Waals surface area contributed by atoms with E-state index < -0.39 is 57.5 Å². The van der Waals surface area contributed by atoms with E-state index in [1.165, 1.54) is 42.7 Å². The summed E-state index contributed by atoms with van der Waals surface area (Å²) in [5.41, 5.74) is 5.03. The summed E-state index contributed by atoms with van der Waals surface area (Å²) in [7, 11) is -4.08. The zero-order chi connectivity index (χ0) is 35.6. The average molecular weight is 724 g/mol. The summed E-state index contributed by atoms with van der Waals surface area (Å²) >= 11 is 1.74. The van der Waals surface area contributed by atoms with E-state index in [0.717, 1.165) is 0 Å². The van der Waals surface area contributed by atoms with Gasteiger partial charge in [0, 0.05) is 5.38 Å². The maximum Gasteiger partial charge on any atom is 0.329 e. The Morgan fingerprint density at radius 1 is 1.17 bits per heavy atom. The number of cyclic esters (lactones) is 1. The first-order chi connectivity index (χ1) is 22.5. The Labute approximate surface area is 289 Å². The van der Waals surface area contributed by atoms with Crippen LogP contribution in [0.1, 0.15) is 69.9 Å². The molecule has 3 atom stereocenters. The quantitative estimate of drug-likeness (QED) is 0.0641. The van der Waals surface area contributed by atoms with Crippen molar-refractivity contribution in [3.05, 3.63) is 58.6 Å². The Kier molecular flexibility index (Phi) is 14.0. The van der Waals surface area contributed by atoms with Gasteiger partial charge >= 0.3 is 16.1 Å². The van der Waals surface area contributed by atoms with Crippen molar-refractivity contribution >= 4 is 61.5 Å². The van der Waals surface area contributed by atoms with E-state index in [0.29, 0.717) is 28.5 Å². The van der Waals surface area contributed by atoms with E-state index in [1.807, 2.05) is 13.8 Å². The summed E-state index contributed by atoms with van der Waals surface area (Å²) in [5.74, 6) is -2.36. The minimum atomic E-state index is -4.08. The Balaban J connectivity index is 1.81. The monoisotopic (exact) mass is 723 g/mol. The molecule has 0 radical (unpaired) electrons. The van der Waals surface area contributed by atoms with Crippen LogP contribution in [-0.4, -0.2) is 71.6 Å². The number of benzene rings is 1. The average Bonchev–Trinajstić information content (AvgIpc) is 3.50. The molecule has 3 rings (SSSR count). The SMILES string of the molecule is CC(C)[C@@H]1NC(=O)C(C)(C)NC(=O)c2csc(n2)CNC(=O)C[C@@H](/C=C/CC/[SH]=C(/OS(=O)(=O)c2ccccc2)[C@@H](N)C(C)C)OC1=O. The van der Waals surface area contributed by atoms with Crippen LogP contribution in [0, 0.1) is 11.8 Å². The van der Waals surface area contributed by atoms with Crippen molar-refractivity contribution in [2.75, 3.05) is 5.75 Å². The molecule has 1 aromatic carbocycles. The molecule has 3 amide bonds. The number of ether oxygens (including phenoxy) is 1. The van der Waals surface area contributed by atoms with E-state index in [9.17, 15) is 27.6 Å². The largest absolute Gasteiger partial charge is 0.456 e. The molecule has 1 aliphatic rings. The van der Waals surface area contributed by atoms with Crippen LogP contribution in [0.2, 0.25) is 0 Å². The van der Waals surface area contributed by atoms with Crippen LogP contribution in [0.25, 0.3) is 0 Å². The summed E-state index contributed by atoms with van der Waals surface area (Å²) in [4.78, 5) is 56.5. The number of rotatable bonds is 9. The lowest BCUT2D eigenvalue weighted by Gasteiger charge is -2.29. The summed E-state index contributed by atoms with van der Waals surface area (Å²) in [6.45, 7) is 10.3. The molecule has 1 aliphatic heterocycles. The summed E-state index contributed by atoms with van der Waals surface area (Å²) in [6, 6.07) is 6.11. The number of hydrogen-bond donors (Lipinski definition) is 5. The molecule has 13 nitrogen and oxygen atoms in total. The van der Waals surface area contributed by atoms with E-state index >= 15 is 0 Å². The minimum Gasteiger partial charge on any atom is -0.456 e. The number of fused-ring (bicyclic) bond motifs is 2. The third kappa shape index (κ3) is 11.3. The van der Waals surface area contributed by atoms with Crippen molar-refractivity contribution in [3.8, 4) is 0 Å². The number of aromatic nitrogens is 1. The molecule has 48 heavy (non-hydrogen) atoms. The third-order valence-corrected chi connectivity index (χ3v) is 10.6. The fourth-order valence-electron chi connectivity index (χ4n) is 4.24. The van der Waals surface area contributed by atoms with Crippen molar-refractivity contribution in [2.45, 2.75) is 89.6 Å². The lowest BCUT2D eigenvalue weighted by Crippen LogP contribution is -2.59. The highest BCUT2D eigenvalue weighted by atomic mass is 32.2. The Hall–Kier alpha value is -3.44. The predicted octanol–water partition coefficient (Wildman–Crippen LogP) is 2.65. The molecular formula is C32H45N5O8S3. The van der Waals surface area contributed by atoms with Crippen molar-refractivity contribution in [2.24, 2.45) is 17.6 Å². The van der Waals surface area contributed by atoms with Gasteiger partial charge in [0.05, 0.1) is 23.9 Å². The molecule has 1 aromatic heterocycles. The fraction of sp³-hybridized carbons (Fsp3) is 0.500. The molecule has 5 N–H and O–H groups in total. The van der Waals surface area contributed by atoms with Gasteiger partial charge in [-0.05, 0) is 56.1 Å². The molecule has 2 aromatic rings. The minimum absolute atomic E-state index is 0.0214. The lowest BCUT2D eigenvalue weighted by atomic mass is 9.99. The fourth-order valence-corrected chi connectivity index (χ4v) is 7.39. The second-order valence-corrected chi connectivity index (χ2v) is 16.1. The van der Waals surface area contributed by atoms with Crippen molar-refractivity contribution in [1.82, 2.24) is 20.9 Å². The maximum absolute atomic E-state index is 13.4. The molecule has 0 spiro atoms. The first-order valence-corrected chi connectivity index (χ1v) is 18.9. The number of nitrogens with two attached hydrogens (primary N) is 1. The molecule has 16 heteroatoms. The zero-order valence-electron chi connectivity index (χ0n) is 27.9. The molecule has 0 fully saturated rings. The van der Waals surface area contributed by atoms with Crippen LogP contribution in [0.4, 0.5) is 0 Å². The van der Waals surface area contributed by atoms with Gasteiger partial charge in [-0.3, -0.25) is 14.4 Å². The molecule has 264 valence electrons. The number of carbonyl (C=O) groups excluding carboxylic acids is 4. The standard InChI is InChI=1S/C32H45N5O8S3/c1-19(2)26(33)30(45-48(42,43)22-13-8-7-9-14-22)46-15-11-10-12-21-16-24(38)34-17-25-35-23(18-47-25)28(39)37-32(5,6)31(41)36-27(20(3)4)29(40)44-21/h7-10,12-14,18-21,26-27,46H,11,15-17,33H2,1-6H3,(H,34,38)(H,36,41)(H,37,39)/b12-10+/t21-,26+,27+/m1/s1. The van der Waals surface area contributed by atoms with Crippen molar-refractivity contribution in [1.29, 1.82) is 0 Å². The maximum atomic E-state index is 13.4. The highest BCUT2D eigenvalue weighted by molar-refractivity contribution is 7.99. The molecule has 2 bridgehead atoms. The van der Waals surface area contributed by atoms with E-state index in [2.05, 4.69) is 20.9 Å². The molecule has 2 heterocycles. The number of nitrogens with one attached hydrogen (secondary N) is 3. The van der Waals surface area contributed by atoms with Crippen molar-refractivity contribution < 1.29 is 36.5 Å². The zero-order valence-corrected chi connectivity index (χ0v) is 30.4. The van der Waals surface area contributed by atoms with Crippen LogP contribution >= 0.6 is 22.7 Å². The number of nitrogens with zero attached hydrogens (tertiary/aromatic N) is 1. The van der Waals surface area contributed by atoms with Crippen LogP contribution in [-0.2, 0) is 40.0 Å². The molecule has 0 saturated heterocycles. The second-order valence-electron chi connectivity index (χ2n) is 12.4. The number of allylic oxidation sites excluding steroid dienone is 1. The first-order valence-electron chi connectivity index (χ1n) is 15.5. The number of thiazole rings is 1.